The molecule has 7 heteroatoms. The van der Waals surface area contributed by atoms with Gasteiger partial charge in [0.25, 0.3) is 0 Å². The molecule has 0 bridgehead atoms. The average Bonchev–Trinajstić information content (AvgIpc) is 3.38. The van der Waals surface area contributed by atoms with Crippen LogP contribution in [0, 0.1) is 6.92 Å². The van der Waals surface area contributed by atoms with Crippen molar-refractivity contribution < 1.29 is 18.8 Å². The number of hydrogen-bond donors (Lipinski definition) is 1. The van der Waals surface area contributed by atoms with E-state index in [0.717, 1.165) is 11.3 Å². The van der Waals surface area contributed by atoms with Crippen LogP contribution in [0.3, 0.4) is 0 Å². The molecule has 2 aromatic rings. The maximum absolute atomic E-state index is 12.9. The van der Waals surface area contributed by atoms with Crippen molar-refractivity contribution in [3.63, 3.8) is 0 Å². The van der Waals surface area contributed by atoms with Crippen molar-refractivity contribution in [1.82, 2.24) is 15.1 Å². The molecule has 2 aliphatic heterocycles. The third-order valence-corrected chi connectivity index (χ3v) is 6.27. The third-order valence-electron chi connectivity index (χ3n) is 6.27. The lowest BCUT2D eigenvalue weighted by Crippen LogP contribution is -2.52. The lowest BCUT2D eigenvalue weighted by atomic mass is 9.87. The Kier molecular flexibility index (Phi) is 6.11. The Morgan fingerprint density at radius 3 is 2.74 bits per heavy atom. The summed E-state index contributed by atoms with van der Waals surface area (Å²) in [4.78, 5) is 40.8. The molecule has 7 nitrogen and oxygen atoms in total. The third kappa shape index (κ3) is 5.16. The molecule has 1 aromatic carbocycles. The van der Waals surface area contributed by atoms with E-state index in [1.54, 1.807) is 11.2 Å². The Balaban J connectivity index is 1.31. The topological polar surface area (TPSA) is 82.9 Å². The van der Waals surface area contributed by atoms with Crippen LogP contribution in [0.25, 0.3) is 0 Å². The van der Waals surface area contributed by atoms with Crippen molar-refractivity contribution in [1.29, 1.82) is 0 Å². The summed E-state index contributed by atoms with van der Waals surface area (Å²) in [6, 6.07) is 11.8. The highest BCUT2D eigenvalue weighted by Gasteiger charge is 2.39. The lowest BCUT2D eigenvalue weighted by molar-refractivity contribution is -0.145. The average molecular weight is 424 g/mol. The normalized spacial score (nSPS) is 21.5. The van der Waals surface area contributed by atoms with E-state index >= 15 is 0 Å². The molecule has 0 aliphatic carbocycles. The molecule has 0 radical (unpaired) electrons. The van der Waals surface area contributed by atoms with Crippen LogP contribution in [0.5, 0.6) is 0 Å². The number of piperazine rings is 1. The van der Waals surface area contributed by atoms with Gasteiger partial charge in [-0.05, 0) is 37.5 Å². The molecule has 2 fully saturated rings. The first-order valence-electron chi connectivity index (χ1n) is 10.9. The molecule has 0 spiro atoms. The zero-order chi connectivity index (χ0) is 21.8. The fraction of sp³-hybridized carbons (Fsp3) is 0.458. The van der Waals surface area contributed by atoms with E-state index in [9.17, 15) is 14.4 Å². The van der Waals surface area contributed by atoms with Crippen molar-refractivity contribution in [2.45, 2.75) is 51.1 Å². The Bertz CT molecular complexity index is 955. The van der Waals surface area contributed by atoms with Gasteiger partial charge in [0.15, 0.2) is 0 Å². The first kappa shape index (κ1) is 21.2. The zero-order valence-corrected chi connectivity index (χ0v) is 17.9. The fourth-order valence-corrected chi connectivity index (χ4v) is 4.55. The zero-order valence-electron chi connectivity index (χ0n) is 17.9. The molecule has 4 rings (SSSR count). The van der Waals surface area contributed by atoms with Crippen LogP contribution in [0.15, 0.2) is 47.1 Å². The fourth-order valence-electron chi connectivity index (χ4n) is 4.55. The Hall–Kier alpha value is -3.09. The first-order chi connectivity index (χ1) is 14.9. The highest BCUT2D eigenvalue weighted by Crippen LogP contribution is 2.30. The molecule has 2 saturated heterocycles. The summed E-state index contributed by atoms with van der Waals surface area (Å²) in [7, 11) is 0. The summed E-state index contributed by atoms with van der Waals surface area (Å²) in [6.07, 6.45) is 4.17. The highest BCUT2D eigenvalue weighted by atomic mass is 16.3. The standard InChI is InChI=1S/C24H29N3O4/c1-18-4-2-5-19(14-18)16-26-11-12-27(17-23(26)30)22(29)8-10-24(9-7-21(28)25-24)15-20-6-3-13-31-20/h2-6,13-14H,7-12,15-17H2,1H3,(H,25,28)/t24-/m0/s1. The van der Waals surface area contributed by atoms with E-state index in [2.05, 4.69) is 11.4 Å². The van der Waals surface area contributed by atoms with Crippen molar-refractivity contribution in [2.75, 3.05) is 19.6 Å². The van der Waals surface area contributed by atoms with Gasteiger partial charge >= 0.3 is 0 Å². The Morgan fingerprint density at radius 2 is 2.06 bits per heavy atom. The van der Waals surface area contributed by atoms with Gasteiger partial charge < -0.3 is 19.5 Å². The van der Waals surface area contributed by atoms with Crippen molar-refractivity contribution in [2.24, 2.45) is 0 Å². The SMILES string of the molecule is Cc1cccc(CN2CCN(C(=O)CC[C@]3(Cc4ccco4)CCC(=O)N3)CC2=O)c1. The number of furan rings is 1. The summed E-state index contributed by atoms with van der Waals surface area (Å²) in [6.45, 7) is 3.79. The summed E-state index contributed by atoms with van der Waals surface area (Å²) >= 11 is 0. The molecule has 1 atom stereocenters. The minimum atomic E-state index is -0.457. The minimum absolute atomic E-state index is 0.0129. The second-order valence-corrected chi connectivity index (χ2v) is 8.70. The molecule has 3 heterocycles. The number of aryl methyl sites for hydroxylation is 1. The van der Waals surface area contributed by atoms with E-state index in [1.807, 2.05) is 42.2 Å². The summed E-state index contributed by atoms with van der Waals surface area (Å²) in [5, 5.41) is 3.07. The lowest BCUT2D eigenvalue weighted by Gasteiger charge is -2.35. The Morgan fingerprint density at radius 1 is 1.19 bits per heavy atom. The first-order valence-corrected chi connectivity index (χ1v) is 10.9. The molecule has 3 amide bonds. The largest absolute Gasteiger partial charge is 0.469 e. The molecule has 31 heavy (non-hydrogen) atoms. The van der Waals surface area contributed by atoms with Crippen molar-refractivity contribution in [3.8, 4) is 0 Å². The van der Waals surface area contributed by atoms with E-state index in [4.69, 9.17) is 4.42 Å². The van der Waals surface area contributed by atoms with Crippen molar-refractivity contribution in [3.05, 3.63) is 59.5 Å². The smallest absolute Gasteiger partial charge is 0.242 e. The van der Waals surface area contributed by atoms with Crippen LogP contribution in [0.2, 0.25) is 0 Å². The maximum atomic E-state index is 12.9. The summed E-state index contributed by atoms with van der Waals surface area (Å²) < 4.78 is 5.46. The molecule has 0 saturated carbocycles. The van der Waals surface area contributed by atoms with Gasteiger partial charge in [-0.3, -0.25) is 14.4 Å². The Labute approximate surface area is 182 Å². The van der Waals surface area contributed by atoms with Crippen LogP contribution < -0.4 is 5.32 Å². The van der Waals surface area contributed by atoms with Crippen LogP contribution >= 0.6 is 0 Å². The number of rotatable bonds is 7. The van der Waals surface area contributed by atoms with Gasteiger partial charge in [0.1, 0.15) is 5.76 Å². The van der Waals surface area contributed by atoms with Gasteiger partial charge in [-0.1, -0.05) is 29.8 Å². The van der Waals surface area contributed by atoms with Crippen LogP contribution in [0.1, 0.15) is 42.6 Å². The summed E-state index contributed by atoms with van der Waals surface area (Å²) in [5.74, 6) is 0.748. The maximum Gasteiger partial charge on any atom is 0.242 e. The second-order valence-electron chi connectivity index (χ2n) is 8.70. The van der Waals surface area contributed by atoms with Gasteiger partial charge in [0, 0.05) is 44.4 Å². The van der Waals surface area contributed by atoms with Crippen LogP contribution in [0.4, 0.5) is 0 Å². The minimum Gasteiger partial charge on any atom is -0.469 e. The molecule has 0 unspecified atom stereocenters. The van der Waals surface area contributed by atoms with Gasteiger partial charge in [-0.2, -0.15) is 0 Å². The number of hydrogen-bond acceptors (Lipinski definition) is 4. The predicted molar refractivity (Wildman–Crippen MR) is 115 cm³/mol. The molecular weight excluding hydrogens is 394 g/mol. The van der Waals surface area contributed by atoms with Gasteiger partial charge in [-0.25, -0.2) is 0 Å². The quantitative estimate of drug-likeness (QED) is 0.742. The molecule has 164 valence electrons. The van der Waals surface area contributed by atoms with Gasteiger partial charge in [-0.15, -0.1) is 0 Å². The molecule has 1 aromatic heterocycles. The number of carbonyl (C=O) groups is 3. The van der Waals surface area contributed by atoms with E-state index in [0.29, 0.717) is 51.7 Å². The number of nitrogens with zero attached hydrogens (tertiary/aromatic N) is 2. The highest BCUT2D eigenvalue weighted by molar-refractivity contribution is 5.86. The molecule has 2 aliphatic rings. The predicted octanol–water partition coefficient (Wildman–Crippen LogP) is 2.43. The summed E-state index contributed by atoms with van der Waals surface area (Å²) in [5.41, 5.74) is 1.81. The number of amides is 3. The molecule has 1 N–H and O–H groups in total. The van der Waals surface area contributed by atoms with E-state index in [-0.39, 0.29) is 24.3 Å². The number of nitrogens with one attached hydrogen (secondary N) is 1. The number of benzene rings is 1. The van der Waals surface area contributed by atoms with Crippen LogP contribution in [-0.2, 0) is 27.3 Å². The van der Waals surface area contributed by atoms with E-state index < -0.39 is 5.54 Å². The van der Waals surface area contributed by atoms with Crippen molar-refractivity contribution >= 4 is 17.7 Å². The second kappa shape index (κ2) is 8.96. The monoisotopic (exact) mass is 423 g/mol. The van der Waals surface area contributed by atoms with Gasteiger partial charge in [0.05, 0.1) is 12.8 Å². The molecular formula is C24H29N3O4. The van der Waals surface area contributed by atoms with Gasteiger partial charge in [0.2, 0.25) is 17.7 Å². The van der Waals surface area contributed by atoms with E-state index in [1.165, 1.54) is 5.56 Å². The van der Waals surface area contributed by atoms with Crippen LogP contribution in [-0.4, -0.2) is 52.7 Å². The number of carbonyl (C=O) groups excluding carboxylic acids is 3.